The molecule has 2 aliphatic rings. The molecule has 0 radical (unpaired) electrons. The number of fused-ring (bicyclic) bond motifs is 2. The number of hydrogen-bond acceptors (Lipinski definition) is 6. The normalized spacial score (nSPS) is 15.6. The number of nitro benzene ring substituents is 1. The molecular weight excluding hydrogens is 364 g/mol. The lowest BCUT2D eigenvalue weighted by Crippen LogP contribution is -2.03. The van der Waals surface area contributed by atoms with Gasteiger partial charge in [0, 0.05) is 28.9 Å². The molecule has 0 saturated carbocycles. The van der Waals surface area contributed by atoms with Crippen LogP contribution in [-0.2, 0) is 4.79 Å². The number of aromatic amines is 1. The number of anilines is 1. The predicted molar refractivity (Wildman–Crippen MR) is 99.7 cm³/mol. The molecule has 5 rings (SSSR count). The Kier molecular flexibility index (Phi) is 3.41. The van der Waals surface area contributed by atoms with E-state index in [-0.39, 0.29) is 18.4 Å². The van der Waals surface area contributed by atoms with E-state index >= 15 is 0 Å². The monoisotopic (exact) mass is 376 g/mol. The van der Waals surface area contributed by atoms with Crippen molar-refractivity contribution >= 4 is 28.9 Å². The molecule has 138 valence electrons. The topological polar surface area (TPSA) is 119 Å². The molecule has 9 nitrogen and oxygen atoms in total. The number of hydrogen-bond donors (Lipinski definition) is 2. The average Bonchev–Trinajstić information content (AvgIpc) is 3.40. The van der Waals surface area contributed by atoms with E-state index in [1.54, 1.807) is 12.1 Å². The Hall–Kier alpha value is -4.14. The average molecular weight is 376 g/mol. The molecule has 0 spiro atoms. The van der Waals surface area contributed by atoms with Crippen molar-refractivity contribution in [3.05, 3.63) is 63.8 Å². The van der Waals surface area contributed by atoms with Gasteiger partial charge in [-0.25, -0.2) is 0 Å². The van der Waals surface area contributed by atoms with Gasteiger partial charge in [-0.15, -0.1) is 0 Å². The van der Waals surface area contributed by atoms with Crippen molar-refractivity contribution in [2.24, 2.45) is 0 Å². The minimum Gasteiger partial charge on any atom is -0.454 e. The van der Waals surface area contributed by atoms with Gasteiger partial charge in [0.1, 0.15) is 0 Å². The quantitative estimate of drug-likeness (QED) is 0.411. The first-order valence-corrected chi connectivity index (χ1v) is 8.36. The number of nitrogens with one attached hydrogen (secondary N) is 2. The van der Waals surface area contributed by atoms with Crippen LogP contribution in [0.2, 0.25) is 0 Å². The number of nitrogens with zero attached hydrogens (tertiary/aromatic N) is 2. The Bertz CT molecular complexity index is 1180. The Balaban J connectivity index is 1.50. The Morgan fingerprint density at radius 1 is 1.11 bits per heavy atom. The van der Waals surface area contributed by atoms with Crippen molar-refractivity contribution in [1.29, 1.82) is 0 Å². The molecule has 1 amide bonds. The third-order valence-corrected chi connectivity index (χ3v) is 4.56. The number of carbonyl (C=O) groups is 1. The minimum atomic E-state index is -0.491. The maximum Gasteiger partial charge on any atom is 0.270 e. The smallest absolute Gasteiger partial charge is 0.270 e. The van der Waals surface area contributed by atoms with E-state index in [1.807, 2.05) is 18.2 Å². The third-order valence-electron chi connectivity index (χ3n) is 4.56. The van der Waals surface area contributed by atoms with Crippen LogP contribution in [0.3, 0.4) is 0 Å². The summed E-state index contributed by atoms with van der Waals surface area (Å²) < 4.78 is 10.7. The summed E-state index contributed by atoms with van der Waals surface area (Å²) in [5.74, 6) is 1.01. The number of aromatic nitrogens is 2. The summed E-state index contributed by atoms with van der Waals surface area (Å²) in [5, 5.41) is 20.9. The molecule has 3 aromatic rings. The highest BCUT2D eigenvalue weighted by atomic mass is 16.7. The van der Waals surface area contributed by atoms with E-state index in [2.05, 4.69) is 15.5 Å². The van der Waals surface area contributed by atoms with Gasteiger partial charge in [-0.2, -0.15) is 5.10 Å². The van der Waals surface area contributed by atoms with Crippen LogP contribution in [0.25, 0.3) is 22.9 Å². The zero-order valence-electron chi connectivity index (χ0n) is 14.3. The summed E-state index contributed by atoms with van der Waals surface area (Å²) in [5.41, 5.74) is 3.37. The van der Waals surface area contributed by atoms with Crippen molar-refractivity contribution in [3.8, 4) is 22.8 Å². The number of nitro groups is 1. The molecule has 2 N–H and O–H groups in total. The summed E-state index contributed by atoms with van der Waals surface area (Å²) in [6, 6.07) is 11.6. The third kappa shape index (κ3) is 2.57. The van der Waals surface area contributed by atoms with Crippen molar-refractivity contribution in [2.45, 2.75) is 0 Å². The molecule has 0 fully saturated rings. The van der Waals surface area contributed by atoms with Gasteiger partial charge < -0.3 is 14.8 Å². The van der Waals surface area contributed by atoms with Crippen LogP contribution in [0, 0.1) is 10.1 Å². The SMILES string of the molecule is O=C1Nc2ccc([N+](=O)[O-])cc2/C1=C/c1cc(-c2ccc3c(c2)OCO3)n[nH]1. The first-order chi connectivity index (χ1) is 13.6. The van der Waals surface area contributed by atoms with E-state index in [1.165, 1.54) is 18.2 Å². The number of H-pyrrole nitrogens is 1. The zero-order chi connectivity index (χ0) is 19.3. The summed E-state index contributed by atoms with van der Waals surface area (Å²) in [7, 11) is 0. The van der Waals surface area contributed by atoms with Crippen molar-refractivity contribution < 1.29 is 19.2 Å². The van der Waals surface area contributed by atoms with Crippen LogP contribution in [0.15, 0.2) is 42.5 Å². The number of amides is 1. The molecular formula is C19H12N4O5. The summed E-state index contributed by atoms with van der Waals surface area (Å²) >= 11 is 0. The second-order valence-corrected chi connectivity index (χ2v) is 6.28. The zero-order valence-corrected chi connectivity index (χ0v) is 14.3. The standard InChI is InChI=1S/C19H12N4O5/c24-19-14(13-8-12(23(25)26)2-3-15(13)20-19)6-11-7-16(22-21-11)10-1-4-17-18(5-10)28-9-27-17/h1-8H,9H2,(H,20,24)(H,21,22)/b14-6-. The molecule has 0 bridgehead atoms. The fraction of sp³-hybridized carbons (Fsp3) is 0.0526. The second kappa shape index (κ2) is 5.95. The lowest BCUT2D eigenvalue weighted by Gasteiger charge is -1.99. The van der Waals surface area contributed by atoms with Gasteiger partial charge in [0.15, 0.2) is 11.5 Å². The van der Waals surface area contributed by atoms with Gasteiger partial charge in [-0.05, 0) is 36.4 Å². The Labute approximate surface area is 157 Å². The fourth-order valence-electron chi connectivity index (χ4n) is 3.20. The van der Waals surface area contributed by atoms with E-state index in [4.69, 9.17) is 9.47 Å². The largest absolute Gasteiger partial charge is 0.454 e. The maximum atomic E-state index is 12.3. The molecule has 9 heteroatoms. The van der Waals surface area contributed by atoms with E-state index < -0.39 is 4.92 Å². The van der Waals surface area contributed by atoms with Gasteiger partial charge in [0.05, 0.1) is 21.9 Å². The highest BCUT2D eigenvalue weighted by molar-refractivity contribution is 6.35. The van der Waals surface area contributed by atoms with Crippen LogP contribution in [0.5, 0.6) is 11.5 Å². The van der Waals surface area contributed by atoms with Gasteiger partial charge in [0.2, 0.25) is 6.79 Å². The van der Waals surface area contributed by atoms with Crippen LogP contribution in [-0.4, -0.2) is 27.8 Å². The van der Waals surface area contributed by atoms with Gasteiger partial charge in [-0.1, -0.05) is 0 Å². The number of rotatable bonds is 3. The molecule has 28 heavy (non-hydrogen) atoms. The van der Waals surface area contributed by atoms with Crippen LogP contribution in [0.4, 0.5) is 11.4 Å². The van der Waals surface area contributed by atoms with Crippen molar-refractivity contribution in [1.82, 2.24) is 10.2 Å². The molecule has 0 saturated heterocycles. The summed E-state index contributed by atoms with van der Waals surface area (Å²) in [6.07, 6.45) is 1.62. The van der Waals surface area contributed by atoms with Crippen LogP contribution in [0.1, 0.15) is 11.3 Å². The van der Waals surface area contributed by atoms with Gasteiger partial charge in [0.25, 0.3) is 11.6 Å². The van der Waals surface area contributed by atoms with E-state index in [0.717, 1.165) is 5.56 Å². The maximum absolute atomic E-state index is 12.3. The van der Waals surface area contributed by atoms with Crippen LogP contribution < -0.4 is 14.8 Å². The number of carbonyl (C=O) groups excluding carboxylic acids is 1. The Morgan fingerprint density at radius 3 is 2.82 bits per heavy atom. The molecule has 0 unspecified atom stereocenters. The summed E-state index contributed by atoms with van der Waals surface area (Å²) in [6.45, 7) is 0.192. The lowest BCUT2D eigenvalue weighted by molar-refractivity contribution is -0.384. The second-order valence-electron chi connectivity index (χ2n) is 6.28. The Morgan fingerprint density at radius 2 is 1.96 bits per heavy atom. The van der Waals surface area contributed by atoms with Gasteiger partial charge in [-0.3, -0.25) is 20.0 Å². The summed E-state index contributed by atoms with van der Waals surface area (Å²) in [4.78, 5) is 22.8. The van der Waals surface area contributed by atoms with E-state index in [0.29, 0.717) is 39.7 Å². The molecule has 2 aromatic carbocycles. The lowest BCUT2D eigenvalue weighted by atomic mass is 10.0. The molecule has 0 atom stereocenters. The number of non-ortho nitro benzene ring substituents is 1. The van der Waals surface area contributed by atoms with Crippen molar-refractivity contribution in [2.75, 3.05) is 12.1 Å². The van der Waals surface area contributed by atoms with Crippen molar-refractivity contribution in [3.63, 3.8) is 0 Å². The van der Waals surface area contributed by atoms with Crippen LogP contribution >= 0.6 is 0 Å². The van der Waals surface area contributed by atoms with Gasteiger partial charge >= 0.3 is 0 Å². The fourth-order valence-corrected chi connectivity index (χ4v) is 3.20. The molecule has 2 aliphatic heterocycles. The first kappa shape index (κ1) is 16.1. The van der Waals surface area contributed by atoms with E-state index in [9.17, 15) is 14.9 Å². The number of benzene rings is 2. The molecule has 3 heterocycles. The number of ether oxygens (including phenoxy) is 2. The molecule has 0 aliphatic carbocycles. The minimum absolute atomic E-state index is 0.0770. The highest BCUT2D eigenvalue weighted by Crippen LogP contribution is 2.37. The molecule has 1 aromatic heterocycles. The first-order valence-electron chi connectivity index (χ1n) is 8.36. The highest BCUT2D eigenvalue weighted by Gasteiger charge is 2.26. The predicted octanol–water partition coefficient (Wildman–Crippen LogP) is 3.21.